The molecule has 0 unspecified atom stereocenters. The van der Waals surface area contributed by atoms with E-state index in [1.54, 1.807) is 48.8 Å². The van der Waals surface area contributed by atoms with E-state index < -0.39 is 0 Å². The number of carbonyl (C=O) groups excluding carboxylic acids is 1. The summed E-state index contributed by atoms with van der Waals surface area (Å²) in [6.07, 6.45) is 3.18. The Morgan fingerprint density at radius 3 is 2.74 bits per heavy atom. The zero-order valence-electron chi connectivity index (χ0n) is 12.7. The zero-order valence-corrected chi connectivity index (χ0v) is 12.7. The molecule has 1 aromatic heterocycles. The van der Waals surface area contributed by atoms with Crippen molar-refractivity contribution < 1.29 is 14.4 Å². The largest absolute Gasteiger partial charge is 0.494 e. The van der Waals surface area contributed by atoms with E-state index in [0.717, 1.165) is 5.75 Å². The smallest absolute Gasteiger partial charge is 0.265 e. The highest BCUT2D eigenvalue weighted by atomic mass is 16.6. The van der Waals surface area contributed by atoms with E-state index in [2.05, 4.69) is 15.5 Å². The molecule has 120 valence electrons. The predicted molar refractivity (Wildman–Crippen MR) is 87.2 cm³/mol. The highest BCUT2D eigenvalue weighted by Gasteiger charge is 2.04. The molecule has 7 nitrogen and oxygen atoms in total. The van der Waals surface area contributed by atoms with E-state index in [4.69, 9.17) is 15.3 Å². The molecule has 0 radical (unpaired) electrons. The van der Waals surface area contributed by atoms with Gasteiger partial charge in [-0.2, -0.15) is 0 Å². The van der Waals surface area contributed by atoms with Crippen LogP contribution in [0.15, 0.2) is 53.9 Å². The SMILES string of the molecule is CCOc1ccc(NC(=O)CON=C(N)c2cccnc2)cc1. The summed E-state index contributed by atoms with van der Waals surface area (Å²) in [5.74, 6) is 0.569. The molecule has 2 aromatic rings. The predicted octanol–water partition coefficient (Wildman–Crippen LogP) is 1.76. The Balaban J connectivity index is 1.81. The Labute approximate surface area is 134 Å². The molecule has 0 saturated heterocycles. The molecule has 0 aliphatic carbocycles. The van der Waals surface area contributed by atoms with Crippen LogP contribution in [0.25, 0.3) is 0 Å². The van der Waals surface area contributed by atoms with Gasteiger partial charge in [0, 0.05) is 23.6 Å². The van der Waals surface area contributed by atoms with Crippen molar-refractivity contribution in [2.24, 2.45) is 10.9 Å². The van der Waals surface area contributed by atoms with Crippen molar-refractivity contribution in [3.05, 3.63) is 54.4 Å². The standard InChI is InChI=1S/C16H18N4O3/c1-2-22-14-7-5-13(6-8-14)19-15(21)11-23-20-16(17)12-4-3-9-18-10-12/h3-10H,2,11H2,1H3,(H2,17,20)(H,19,21). The van der Waals surface area contributed by atoms with Crippen LogP contribution < -0.4 is 15.8 Å². The van der Waals surface area contributed by atoms with Crippen molar-refractivity contribution in [2.45, 2.75) is 6.92 Å². The molecule has 1 aromatic carbocycles. The third-order valence-corrected chi connectivity index (χ3v) is 2.76. The van der Waals surface area contributed by atoms with Crippen LogP contribution in [0, 0.1) is 0 Å². The van der Waals surface area contributed by atoms with E-state index >= 15 is 0 Å². The lowest BCUT2D eigenvalue weighted by Gasteiger charge is -2.06. The van der Waals surface area contributed by atoms with Crippen LogP contribution in [0.5, 0.6) is 5.75 Å². The van der Waals surface area contributed by atoms with Gasteiger partial charge in [-0.15, -0.1) is 0 Å². The second kappa shape index (κ2) is 8.38. The minimum absolute atomic E-state index is 0.159. The first-order chi connectivity index (χ1) is 11.2. The molecule has 0 aliphatic heterocycles. The van der Waals surface area contributed by atoms with Crippen LogP contribution in [0.3, 0.4) is 0 Å². The number of nitrogens with zero attached hydrogens (tertiary/aromatic N) is 2. The van der Waals surface area contributed by atoms with E-state index in [-0.39, 0.29) is 18.3 Å². The molecule has 2 rings (SSSR count). The van der Waals surface area contributed by atoms with Crippen LogP contribution in [0.4, 0.5) is 5.69 Å². The molecule has 0 fully saturated rings. The minimum Gasteiger partial charge on any atom is -0.494 e. The number of hydrogen-bond acceptors (Lipinski definition) is 5. The van der Waals surface area contributed by atoms with Gasteiger partial charge in [0.25, 0.3) is 5.91 Å². The highest BCUT2D eigenvalue weighted by Crippen LogP contribution is 2.15. The summed E-state index contributed by atoms with van der Waals surface area (Å²) in [7, 11) is 0. The number of amides is 1. The molecule has 7 heteroatoms. The van der Waals surface area contributed by atoms with Crippen molar-refractivity contribution in [3.8, 4) is 5.75 Å². The van der Waals surface area contributed by atoms with Crippen molar-refractivity contribution in [1.82, 2.24) is 4.98 Å². The summed E-state index contributed by atoms with van der Waals surface area (Å²) in [4.78, 5) is 20.6. The molecule has 0 atom stereocenters. The maximum Gasteiger partial charge on any atom is 0.265 e. The Bertz CT molecular complexity index is 657. The van der Waals surface area contributed by atoms with Gasteiger partial charge in [0.1, 0.15) is 5.75 Å². The number of ether oxygens (including phenoxy) is 1. The number of nitrogens with one attached hydrogen (secondary N) is 1. The fourth-order valence-electron chi connectivity index (χ4n) is 1.73. The third-order valence-electron chi connectivity index (χ3n) is 2.76. The summed E-state index contributed by atoms with van der Waals surface area (Å²) >= 11 is 0. The summed E-state index contributed by atoms with van der Waals surface area (Å²) < 4.78 is 5.32. The van der Waals surface area contributed by atoms with Gasteiger partial charge in [0.05, 0.1) is 6.61 Å². The number of oxime groups is 1. The number of benzene rings is 1. The van der Waals surface area contributed by atoms with E-state index in [1.807, 2.05) is 6.92 Å². The van der Waals surface area contributed by atoms with Crippen LogP contribution in [0.2, 0.25) is 0 Å². The number of anilines is 1. The summed E-state index contributed by atoms with van der Waals surface area (Å²) in [5, 5.41) is 6.37. The van der Waals surface area contributed by atoms with Crippen molar-refractivity contribution >= 4 is 17.4 Å². The van der Waals surface area contributed by atoms with Crippen molar-refractivity contribution in [1.29, 1.82) is 0 Å². The molecular formula is C16H18N4O3. The number of nitrogens with two attached hydrogens (primary N) is 1. The van der Waals surface area contributed by atoms with E-state index in [9.17, 15) is 4.79 Å². The second-order valence-electron chi connectivity index (χ2n) is 4.50. The highest BCUT2D eigenvalue weighted by molar-refractivity contribution is 5.97. The molecule has 1 heterocycles. The van der Waals surface area contributed by atoms with E-state index in [0.29, 0.717) is 17.9 Å². The van der Waals surface area contributed by atoms with Crippen LogP contribution in [-0.4, -0.2) is 29.9 Å². The van der Waals surface area contributed by atoms with Gasteiger partial charge in [-0.05, 0) is 43.3 Å². The molecule has 0 aliphatic rings. The maximum atomic E-state index is 11.8. The van der Waals surface area contributed by atoms with Gasteiger partial charge in [0.2, 0.25) is 0 Å². The van der Waals surface area contributed by atoms with Gasteiger partial charge in [-0.1, -0.05) is 5.16 Å². The maximum absolute atomic E-state index is 11.8. The summed E-state index contributed by atoms with van der Waals surface area (Å²) in [6, 6.07) is 10.5. The van der Waals surface area contributed by atoms with Crippen LogP contribution in [0.1, 0.15) is 12.5 Å². The lowest BCUT2D eigenvalue weighted by Crippen LogP contribution is -2.19. The van der Waals surface area contributed by atoms with E-state index in [1.165, 1.54) is 0 Å². The van der Waals surface area contributed by atoms with Crippen LogP contribution >= 0.6 is 0 Å². The summed E-state index contributed by atoms with van der Waals surface area (Å²) in [5.41, 5.74) is 6.99. The Hall–Kier alpha value is -3.09. The molecule has 3 N–H and O–H groups in total. The fourth-order valence-corrected chi connectivity index (χ4v) is 1.73. The lowest BCUT2D eigenvalue weighted by atomic mass is 10.3. The quantitative estimate of drug-likeness (QED) is 0.461. The minimum atomic E-state index is -0.336. The normalized spacial score (nSPS) is 10.9. The van der Waals surface area contributed by atoms with Crippen LogP contribution in [-0.2, 0) is 9.63 Å². The molecule has 23 heavy (non-hydrogen) atoms. The zero-order chi connectivity index (χ0) is 16.5. The van der Waals surface area contributed by atoms with Gasteiger partial charge in [-0.25, -0.2) is 0 Å². The van der Waals surface area contributed by atoms with Gasteiger partial charge in [0.15, 0.2) is 12.4 Å². The number of amidine groups is 1. The van der Waals surface area contributed by atoms with Crippen molar-refractivity contribution in [3.63, 3.8) is 0 Å². The van der Waals surface area contributed by atoms with Gasteiger partial charge < -0.3 is 20.6 Å². The summed E-state index contributed by atoms with van der Waals surface area (Å²) in [6.45, 7) is 2.26. The monoisotopic (exact) mass is 314 g/mol. The third kappa shape index (κ3) is 5.31. The number of pyridine rings is 1. The first kappa shape index (κ1) is 16.3. The number of aromatic nitrogens is 1. The fraction of sp³-hybridized carbons (Fsp3) is 0.188. The first-order valence-electron chi connectivity index (χ1n) is 7.07. The van der Waals surface area contributed by atoms with Gasteiger partial charge in [-0.3, -0.25) is 9.78 Å². The number of carbonyl (C=O) groups is 1. The molecule has 0 bridgehead atoms. The number of rotatable bonds is 7. The molecule has 0 saturated carbocycles. The number of hydrogen-bond donors (Lipinski definition) is 2. The Kier molecular flexibility index (Phi) is 5.93. The molecular weight excluding hydrogens is 296 g/mol. The average molecular weight is 314 g/mol. The lowest BCUT2D eigenvalue weighted by molar-refractivity contribution is -0.120. The topological polar surface area (TPSA) is 98.8 Å². The second-order valence-corrected chi connectivity index (χ2v) is 4.50. The van der Waals surface area contributed by atoms with Crippen molar-refractivity contribution in [2.75, 3.05) is 18.5 Å². The molecule has 1 amide bonds. The van der Waals surface area contributed by atoms with Gasteiger partial charge >= 0.3 is 0 Å². The first-order valence-corrected chi connectivity index (χ1v) is 7.07. The Morgan fingerprint density at radius 1 is 1.30 bits per heavy atom. The average Bonchev–Trinajstić information content (AvgIpc) is 2.57. The molecule has 0 spiro atoms. The Morgan fingerprint density at radius 2 is 2.09 bits per heavy atom.